The van der Waals surface area contributed by atoms with Gasteiger partial charge in [-0.1, -0.05) is 86.1 Å². The van der Waals surface area contributed by atoms with Gasteiger partial charge in [0.05, 0.1) is 0 Å². The largest absolute Gasteiger partial charge is 0.0898 e. The minimum absolute atomic E-state index is 1.16. The Hall–Kier alpha value is -1.47. The molecule has 104 valence electrons. The number of thioether (sulfide) groups is 1. The van der Waals surface area contributed by atoms with Crippen molar-refractivity contribution in [2.45, 2.75) is 37.5 Å². The molecule has 0 aliphatic carbocycles. The van der Waals surface area contributed by atoms with Gasteiger partial charge in [0.2, 0.25) is 0 Å². The SMILES string of the molecule is CCCCC/C=C(\Sc1ccccc1)c1ccccc1. The van der Waals surface area contributed by atoms with Gasteiger partial charge in [-0.15, -0.1) is 0 Å². The van der Waals surface area contributed by atoms with Gasteiger partial charge in [0, 0.05) is 9.80 Å². The molecule has 0 saturated heterocycles. The highest BCUT2D eigenvalue weighted by atomic mass is 32.2. The van der Waals surface area contributed by atoms with Gasteiger partial charge < -0.3 is 0 Å². The van der Waals surface area contributed by atoms with Crippen LogP contribution >= 0.6 is 11.8 Å². The monoisotopic (exact) mass is 282 g/mol. The van der Waals surface area contributed by atoms with E-state index in [-0.39, 0.29) is 0 Å². The van der Waals surface area contributed by atoms with E-state index in [0.717, 1.165) is 6.42 Å². The second-order valence-electron chi connectivity index (χ2n) is 4.85. The van der Waals surface area contributed by atoms with Crippen molar-refractivity contribution >= 4 is 16.7 Å². The maximum absolute atomic E-state index is 2.39. The van der Waals surface area contributed by atoms with E-state index in [4.69, 9.17) is 0 Å². The second-order valence-corrected chi connectivity index (χ2v) is 5.96. The molecule has 0 fully saturated rings. The van der Waals surface area contributed by atoms with Crippen LogP contribution in [-0.4, -0.2) is 0 Å². The molecule has 0 bridgehead atoms. The van der Waals surface area contributed by atoms with Crippen LogP contribution < -0.4 is 0 Å². The van der Waals surface area contributed by atoms with Gasteiger partial charge in [0.1, 0.15) is 0 Å². The van der Waals surface area contributed by atoms with E-state index in [1.807, 2.05) is 11.8 Å². The van der Waals surface area contributed by atoms with E-state index >= 15 is 0 Å². The lowest BCUT2D eigenvalue weighted by Crippen LogP contribution is -1.81. The van der Waals surface area contributed by atoms with Crippen LogP contribution in [0.15, 0.2) is 71.6 Å². The van der Waals surface area contributed by atoms with Gasteiger partial charge in [-0.05, 0) is 30.5 Å². The van der Waals surface area contributed by atoms with Crippen LogP contribution in [0.5, 0.6) is 0 Å². The summed E-state index contributed by atoms with van der Waals surface area (Å²) in [5.74, 6) is 0. The molecule has 2 aromatic carbocycles. The lowest BCUT2D eigenvalue weighted by molar-refractivity contribution is 0.730. The Kier molecular flexibility index (Phi) is 6.46. The fourth-order valence-electron chi connectivity index (χ4n) is 2.06. The zero-order valence-electron chi connectivity index (χ0n) is 12.1. The number of unbranched alkanes of at least 4 members (excludes halogenated alkanes) is 3. The summed E-state index contributed by atoms with van der Waals surface area (Å²) in [7, 11) is 0. The van der Waals surface area contributed by atoms with Gasteiger partial charge >= 0.3 is 0 Å². The van der Waals surface area contributed by atoms with Gasteiger partial charge in [0.15, 0.2) is 0 Å². The van der Waals surface area contributed by atoms with Crippen LogP contribution in [0.25, 0.3) is 4.91 Å². The minimum Gasteiger partial charge on any atom is -0.0898 e. The molecule has 0 aromatic heterocycles. The second kappa shape index (κ2) is 8.65. The Labute approximate surface area is 126 Å². The first-order valence-corrected chi connectivity index (χ1v) is 8.20. The van der Waals surface area contributed by atoms with Crippen LogP contribution in [0.3, 0.4) is 0 Å². The van der Waals surface area contributed by atoms with Gasteiger partial charge in [0.25, 0.3) is 0 Å². The summed E-state index contributed by atoms with van der Waals surface area (Å²) in [4.78, 5) is 2.67. The Morgan fingerprint density at radius 3 is 2.20 bits per heavy atom. The van der Waals surface area contributed by atoms with Crippen LogP contribution in [0.1, 0.15) is 38.2 Å². The van der Waals surface area contributed by atoms with Crippen LogP contribution in [0, 0.1) is 0 Å². The molecule has 0 radical (unpaired) electrons. The minimum atomic E-state index is 1.16. The molecule has 20 heavy (non-hydrogen) atoms. The number of allylic oxidation sites excluding steroid dienone is 1. The van der Waals surface area contributed by atoms with Gasteiger partial charge in [-0.3, -0.25) is 0 Å². The molecule has 0 aliphatic heterocycles. The molecule has 0 N–H and O–H groups in total. The summed E-state index contributed by atoms with van der Waals surface area (Å²) < 4.78 is 0. The highest BCUT2D eigenvalue weighted by Crippen LogP contribution is 2.34. The molecule has 1 heteroatoms. The van der Waals surface area contributed by atoms with Crippen molar-refractivity contribution < 1.29 is 0 Å². The average Bonchev–Trinajstić information content (AvgIpc) is 2.52. The van der Waals surface area contributed by atoms with Crippen molar-refractivity contribution in [1.82, 2.24) is 0 Å². The lowest BCUT2D eigenvalue weighted by Gasteiger charge is -2.08. The molecular formula is C19H22S. The Morgan fingerprint density at radius 1 is 0.900 bits per heavy atom. The summed E-state index contributed by atoms with van der Waals surface area (Å²) in [6.07, 6.45) is 7.43. The summed E-state index contributed by atoms with van der Waals surface area (Å²) in [6, 6.07) is 21.3. The predicted octanol–water partition coefficient (Wildman–Crippen LogP) is 6.40. The van der Waals surface area contributed by atoms with Crippen LogP contribution in [0.4, 0.5) is 0 Å². The maximum atomic E-state index is 2.39. The highest BCUT2D eigenvalue weighted by molar-refractivity contribution is 8.08. The predicted molar refractivity (Wildman–Crippen MR) is 90.9 cm³/mol. The molecule has 0 aliphatic rings. The Bertz CT molecular complexity index is 514. The van der Waals surface area contributed by atoms with E-state index < -0.39 is 0 Å². The summed E-state index contributed by atoms with van der Waals surface area (Å²) in [6.45, 7) is 2.25. The molecule has 2 rings (SSSR count). The number of hydrogen-bond donors (Lipinski definition) is 0. The molecule has 0 amide bonds. The van der Waals surface area contributed by atoms with Crippen LogP contribution in [-0.2, 0) is 0 Å². The number of rotatable bonds is 7. The van der Waals surface area contributed by atoms with E-state index in [9.17, 15) is 0 Å². The van der Waals surface area contributed by atoms with Crippen molar-refractivity contribution in [2.75, 3.05) is 0 Å². The summed E-state index contributed by atoms with van der Waals surface area (Å²) >= 11 is 1.86. The van der Waals surface area contributed by atoms with Crippen molar-refractivity contribution in [3.05, 3.63) is 72.3 Å². The third-order valence-electron chi connectivity index (χ3n) is 3.17. The van der Waals surface area contributed by atoms with Crippen molar-refractivity contribution in [3.8, 4) is 0 Å². The Morgan fingerprint density at radius 2 is 1.55 bits per heavy atom. The topological polar surface area (TPSA) is 0 Å². The van der Waals surface area contributed by atoms with Crippen molar-refractivity contribution in [1.29, 1.82) is 0 Å². The Balaban J connectivity index is 2.12. The van der Waals surface area contributed by atoms with Crippen LogP contribution in [0.2, 0.25) is 0 Å². The number of benzene rings is 2. The molecule has 0 atom stereocenters. The number of hydrogen-bond acceptors (Lipinski definition) is 1. The standard InChI is InChI=1S/C19H22S/c1-2-3-4-11-16-19(17-12-7-5-8-13-17)20-18-14-9-6-10-15-18/h5-10,12-16H,2-4,11H2,1H3/b19-16-. The van der Waals surface area contributed by atoms with E-state index in [0.29, 0.717) is 0 Å². The van der Waals surface area contributed by atoms with Gasteiger partial charge in [-0.2, -0.15) is 0 Å². The van der Waals surface area contributed by atoms with Crippen molar-refractivity contribution in [2.24, 2.45) is 0 Å². The van der Waals surface area contributed by atoms with E-state index in [1.54, 1.807) is 0 Å². The van der Waals surface area contributed by atoms with E-state index in [1.165, 1.54) is 34.6 Å². The highest BCUT2D eigenvalue weighted by Gasteiger charge is 2.03. The zero-order chi connectivity index (χ0) is 14.0. The molecule has 0 saturated carbocycles. The summed E-state index contributed by atoms with van der Waals surface area (Å²) in [5, 5.41) is 0. The first-order chi connectivity index (χ1) is 9.90. The molecule has 0 nitrogen and oxygen atoms in total. The third-order valence-corrected chi connectivity index (χ3v) is 4.30. The average molecular weight is 282 g/mol. The van der Waals surface area contributed by atoms with Crippen molar-refractivity contribution in [3.63, 3.8) is 0 Å². The molecule has 0 spiro atoms. The quantitative estimate of drug-likeness (QED) is 0.418. The fourth-order valence-corrected chi connectivity index (χ4v) is 3.07. The fraction of sp³-hybridized carbons (Fsp3) is 0.263. The molecule has 0 heterocycles. The first kappa shape index (κ1) is 14.9. The maximum Gasteiger partial charge on any atom is 0.0154 e. The molecule has 0 unspecified atom stereocenters. The van der Waals surface area contributed by atoms with E-state index in [2.05, 4.69) is 73.7 Å². The first-order valence-electron chi connectivity index (χ1n) is 7.38. The zero-order valence-corrected chi connectivity index (χ0v) is 12.9. The smallest absolute Gasteiger partial charge is 0.0154 e. The van der Waals surface area contributed by atoms with Gasteiger partial charge in [-0.25, -0.2) is 0 Å². The normalized spacial score (nSPS) is 11.6. The lowest BCUT2D eigenvalue weighted by atomic mass is 10.1. The molecule has 2 aromatic rings. The summed E-state index contributed by atoms with van der Waals surface area (Å²) in [5.41, 5.74) is 1.32. The third kappa shape index (κ3) is 4.90. The molecular weight excluding hydrogens is 260 g/mol.